The molecule has 2 saturated carbocycles. The second-order valence-electron chi connectivity index (χ2n) is 16.4. The molecule has 2 aliphatic heterocycles. The maximum absolute atomic E-state index is 14.6. The molecule has 16 heteroatoms. The van der Waals surface area contributed by atoms with Gasteiger partial charge in [-0.3, -0.25) is 28.7 Å². The molecule has 0 bridgehead atoms. The molecule has 2 unspecified atom stereocenters. The van der Waals surface area contributed by atoms with E-state index in [4.69, 9.17) is 19.2 Å². The van der Waals surface area contributed by atoms with E-state index in [0.717, 1.165) is 5.56 Å². The summed E-state index contributed by atoms with van der Waals surface area (Å²) >= 11 is 0. The molecule has 2 aliphatic carbocycles. The third-order valence-electron chi connectivity index (χ3n) is 10.7. The van der Waals surface area contributed by atoms with Gasteiger partial charge in [0.2, 0.25) is 27.7 Å². The molecule has 3 fully saturated rings. The molecule has 7 rings (SSSR count). The first kappa shape index (κ1) is 40.7. The number of methoxy groups -OCH3 is 1. The number of amides is 4. The number of esters is 1. The SMILES string of the molecule is COc1ccc2c(O[C@@H]3C[C@H]4C(=O)NC5(C(=O)NS(=O)(=O)C6CC6)CC5/C=C\CCCC(=O)N[C@@H](CC(=O)OC(C)(C)C)C(=O)N4C3)cc(-c3ccccc3)nc2c1. The Bertz CT molecular complexity index is 2250. The molecule has 4 amide bonds. The summed E-state index contributed by atoms with van der Waals surface area (Å²) in [7, 11) is -2.39. The van der Waals surface area contributed by atoms with Crippen molar-refractivity contribution in [3.63, 3.8) is 0 Å². The zero-order valence-corrected chi connectivity index (χ0v) is 33.8. The number of carbonyl (C=O) groups excluding carboxylic acids is 5. The van der Waals surface area contributed by atoms with Crippen molar-refractivity contribution in [1.29, 1.82) is 0 Å². The molecular formula is C42H49N5O10S. The summed E-state index contributed by atoms with van der Waals surface area (Å²) in [5, 5.41) is 5.54. The molecule has 4 aliphatic rings. The van der Waals surface area contributed by atoms with E-state index >= 15 is 0 Å². The fourth-order valence-electron chi connectivity index (χ4n) is 7.54. The minimum absolute atomic E-state index is 0.0361. The van der Waals surface area contributed by atoms with Crippen LogP contribution in [0.25, 0.3) is 22.2 Å². The molecule has 308 valence electrons. The van der Waals surface area contributed by atoms with Crippen molar-refractivity contribution >= 4 is 50.5 Å². The summed E-state index contributed by atoms with van der Waals surface area (Å²) in [5.74, 6) is -2.97. The lowest BCUT2D eigenvalue weighted by Gasteiger charge is -2.30. The number of fused-ring (bicyclic) bond motifs is 3. The van der Waals surface area contributed by atoms with E-state index in [2.05, 4.69) is 15.4 Å². The maximum atomic E-state index is 14.6. The Morgan fingerprint density at radius 3 is 2.52 bits per heavy atom. The van der Waals surface area contributed by atoms with Crippen LogP contribution >= 0.6 is 0 Å². The van der Waals surface area contributed by atoms with Gasteiger partial charge in [-0.2, -0.15) is 0 Å². The first-order chi connectivity index (χ1) is 27.5. The highest BCUT2D eigenvalue weighted by molar-refractivity contribution is 7.91. The van der Waals surface area contributed by atoms with Crippen LogP contribution in [-0.4, -0.2) is 96.1 Å². The third kappa shape index (κ3) is 9.11. The number of nitrogens with one attached hydrogen (secondary N) is 3. The van der Waals surface area contributed by atoms with Gasteiger partial charge in [-0.05, 0) is 65.0 Å². The lowest BCUT2D eigenvalue weighted by Crippen LogP contribution is -2.58. The Labute approximate surface area is 337 Å². The van der Waals surface area contributed by atoms with Crippen LogP contribution in [0.2, 0.25) is 0 Å². The first-order valence-electron chi connectivity index (χ1n) is 19.6. The maximum Gasteiger partial charge on any atom is 0.308 e. The molecule has 0 spiro atoms. The Kier molecular flexibility index (Phi) is 11.2. The van der Waals surface area contributed by atoms with Crippen molar-refractivity contribution in [1.82, 2.24) is 25.2 Å². The second kappa shape index (κ2) is 16.0. The smallest absolute Gasteiger partial charge is 0.308 e. The zero-order chi connectivity index (χ0) is 41.4. The van der Waals surface area contributed by atoms with Crippen LogP contribution in [0.3, 0.4) is 0 Å². The average molecular weight is 816 g/mol. The third-order valence-corrected chi connectivity index (χ3v) is 12.5. The predicted octanol–water partition coefficient (Wildman–Crippen LogP) is 3.70. The van der Waals surface area contributed by atoms with Crippen LogP contribution in [0.4, 0.5) is 0 Å². The molecule has 3 heterocycles. The van der Waals surface area contributed by atoms with Crippen LogP contribution in [0.5, 0.6) is 11.5 Å². The lowest BCUT2D eigenvalue weighted by atomic mass is 10.1. The summed E-state index contributed by atoms with van der Waals surface area (Å²) in [6.45, 7) is 4.93. The van der Waals surface area contributed by atoms with Gasteiger partial charge in [0.05, 0.1) is 36.5 Å². The fourth-order valence-corrected chi connectivity index (χ4v) is 8.90. The molecular weight excluding hydrogens is 767 g/mol. The number of rotatable bonds is 9. The number of hydrogen-bond acceptors (Lipinski definition) is 11. The molecule has 0 radical (unpaired) electrons. The zero-order valence-electron chi connectivity index (χ0n) is 33.0. The summed E-state index contributed by atoms with van der Waals surface area (Å²) in [5.41, 5.74) is -0.436. The van der Waals surface area contributed by atoms with E-state index in [-0.39, 0.29) is 25.8 Å². The summed E-state index contributed by atoms with van der Waals surface area (Å²) in [6.07, 6.45) is 4.11. The lowest BCUT2D eigenvalue weighted by molar-refractivity contribution is -0.157. The quantitative estimate of drug-likeness (QED) is 0.210. The fraction of sp³-hybridized carbons (Fsp3) is 0.476. The van der Waals surface area contributed by atoms with Gasteiger partial charge >= 0.3 is 5.97 Å². The van der Waals surface area contributed by atoms with Crippen molar-refractivity contribution < 1.29 is 46.6 Å². The van der Waals surface area contributed by atoms with Gasteiger partial charge in [-0.1, -0.05) is 42.5 Å². The van der Waals surface area contributed by atoms with Crippen molar-refractivity contribution in [3.8, 4) is 22.8 Å². The summed E-state index contributed by atoms with van der Waals surface area (Å²) in [6, 6.07) is 14.0. The van der Waals surface area contributed by atoms with Gasteiger partial charge in [-0.15, -0.1) is 0 Å². The molecule has 15 nitrogen and oxygen atoms in total. The van der Waals surface area contributed by atoms with E-state index in [9.17, 15) is 32.4 Å². The van der Waals surface area contributed by atoms with Crippen molar-refractivity contribution in [2.45, 2.75) is 107 Å². The number of aromatic nitrogens is 1. The van der Waals surface area contributed by atoms with Crippen molar-refractivity contribution in [2.24, 2.45) is 5.92 Å². The number of ether oxygens (including phenoxy) is 3. The molecule has 58 heavy (non-hydrogen) atoms. The molecule has 3 aromatic rings. The standard InChI is InChI=1S/C42H49N5O10S/c1-41(2,3)57-37(49)22-33-39(51)47-24-28(56-35-21-31(25-11-7-5-8-12-25)43-32-19-27(55-4)15-18-30(32)35)20-34(47)38(50)45-42(40(52)46-58(53,54)29-16-17-29)23-26(42)13-9-6-10-14-36(48)44-33/h5,7-9,11-13,15,18-19,21,26,28-29,33-34H,6,10,14,16-17,20,22-24H2,1-4H3,(H,44,48)(H,45,50)(H,46,52)/b13-9-/t26?,28-,33+,34+,42?/m1/s1. The Balaban J connectivity index is 1.24. The van der Waals surface area contributed by atoms with Gasteiger partial charge in [0.25, 0.3) is 5.91 Å². The van der Waals surface area contributed by atoms with Crippen LogP contribution in [0.1, 0.15) is 72.1 Å². The van der Waals surface area contributed by atoms with Gasteiger partial charge < -0.3 is 29.7 Å². The number of sulfonamides is 1. The van der Waals surface area contributed by atoms with Crippen molar-refractivity contribution in [2.75, 3.05) is 13.7 Å². The summed E-state index contributed by atoms with van der Waals surface area (Å²) < 4.78 is 45.7. The Morgan fingerprint density at radius 2 is 1.81 bits per heavy atom. The first-order valence-corrected chi connectivity index (χ1v) is 21.2. The second-order valence-corrected chi connectivity index (χ2v) is 18.4. The molecule has 1 aromatic heterocycles. The van der Waals surface area contributed by atoms with E-state index in [1.807, 2.05) is 36.4 Å². The number of nitrogens with zero attached hydrogens (tertiary/aromatic N) is 2. The monoisotopic (exact) mass is 815 g/mol. The van der Waals surface area contributed by atoms with Gasteiger partial charge in [0, 0.05) is 41.8 Å². The normalized spacial score (nSPS) is 25.9. The van der Waals surface area contributed by atoms with Gasteiger partial charge in [0.15, 0.2) is 0 Å². The van der Waals surface area contributed by atoms with E-state index in [0.29, 0.717) is 53.8 Å². The minimum atomic E-state index is -3.95. The van der Waals surface area contributed by atoms with Gasteiger partial charge in [-0.25, -0.2) is 13.4 Å². The molecule has 1 saturated heterocycles. The van der Waals surface area contributed by atoms with Crippen LogP contribution < -0.4 is 24.8 Å². The molecule has 5 atom stereocenters. The van der Waals surface area contributed by atoms with Crippen molar-refractivity contribution in [3.05, 3.63) is 66.7 Å². The molecule has 3 N–H and O–H groups in total. The Hall–Kier alpha value is -5.51. The van der Waals surface area contributed by atoms with Crippen LogP contribution in [0, 0.1) is 5.92 Å². The number of pyridine rings is 1. The largest absolute Gasteiger partial charge is 0.497 e. The highest BCUT2D eigenvalue weighted by Crippen LogP contribution is 2.46. The number of benzene rings is 2. The number of carbonyl (C=O) groups is 5. The van der Waals surface area contributed by atoms with Crippen LogP contribution in [0.15, 0.2) is 66.7 Å². The van der Waals surface area contributed by atoms with Crippen LogP contribution in [-0.2, 0) is 38.7 Å². The van der Waals surface area contributed by atoms with E-state index in [1.165, 1.54) is 4.90 Å². The topological polar surface area (TPSA) is 199 Å². The predicted molar refractivity (Wildman–Crippen MR) is 213 cm³/mol. The number of hydrogen-bond donors (Lipinski definition) is 3. The summed E-state index contributed by atoms with van der Waals surface area (Å²) in [4.78, 5) is 75.5. The van der Waals surface area contributed by atoms with E-state index < -0.39 is 86.5 Å². The highest BCUT2D eigenvalue weighted by atomic mass is 32.2. The highest BCUT2D eigenvalue weighted by Gasteiger charge is 2.62. The minimum Gasteiger partial charge on any atom is -0.497 e. The Morgan fingerprint density at radius 1 is 1.05 bits per heavy atom. The average Bonchev–Trinajstić information content (AvgIpc) is 4.10. The molecule has 2 aromatic carbocycles. The number of allylic oxidation sites excluding steroid dienone is 1. The van der Waals surface area contributed by atoms with E-state index in [1.54, 1.807) is 58.2 Å². The van der Waals surface area contributed by atoms with Gasteiger partial charge in [0.1, 0.15) is 40.8 Å².